The zero-order valence-corrected chi connectivity index (χ0v) is 9.76. The summed E-state index contributed by atoms with van der Waals surface area (Å²) in [7, 11) is -3.07. The lowest BCUT2D eigenvalue weighted by atomic mass is 10.3. The van der Waals surface area contributed by atoms with Crippen molar-refractivity contribution in [2.75, 3.05) is 7.11 Å². The standard InChI is InChI=1S/C8H15NO5S/c1-5-7(9-8(10)6(2)3)14-15(11,12)13-4/h7H,2,5H2,1,3-4H3,(H,9,10). The van der Waals surface area contributed by atoms with E-state index in [9.17, 15) is 13.2 Å². The van der Waals surface area contributed by atoms with Gasteiger partial charge in [-0.1, -0.05) is 13.5 Å². The highest BCUT2D eigenvalue weighted by Gasteiger charge is 2.19. The van der Waals surface area contributed by atoms with E-state index in [1.165, 1.54) is 6.92 Å². The van der Waals surface area contributed by atoms with Crippen LogP contribution in [0.2, 0.25) is 0 Å². The van der Waals surface area contributed by atoms with Crippen molar-refractivity contribution in [1.29, 1.82) is 0 Å². The van der Waals surface area contributed by atoms with Crippen molar-refractivity contribution in [2.24, 2.45) is 0 Å². The lowest BCUT2D eigenvalue weighted by molar-refractivity contribution is -0.119. The highest BCUT2D eigenvalue weighted by atomic mass is 32.3. The third-order valence-corrected chi connectivity index (χ3v) is 2.36. The third kappa shape index (κ3) is 5.50. The van der Waals surface area contributed by atoms with Crippen molar-refractivity contribution in [3.8, 4) is 0 Å². The Hall–Kier alpha value is -0.920. The van der Waals surface area contributed by atoms with Crippen molar-refractivity contribution in [3.05, 3.63) is 12.2 Å². The molecule has 1 unspecified atom stereocenters. The molecule has 1 N–H and O–H groups in total. The lowest BCUT2D eigenvalue weighted by Crippen LogP contribution is -2.38. The maximum atomic E-state index is 11.2. The number of hydrogen-bond acceptors (Lipinski definition) is 5. The van der Waals surface area contributed by atoms with E-state index in [1.54, 1.807) is 6.92 Å². The molecule has 0 aliphatic heterocycles. The normalized spacial score (nSPS) is 13.3. The fourth-order valence-corrected chi connectivity index (χ4v) is 1.19. The zero-order chi connectivity index (χ0) is 12.1. The predicted octanol–water partition coefficient (Wildman–Crippen LogP) is 0.323. The van der Waals surface area contributed by atoms with Crippen LogP contribution in [0.4, 0.5) is 0 Å². The Bertz CT molecular complexity index is 335. The summed E-state index contributed by atoms with van der Waals surface area (Å²) >= 11 is 0. The predicted molar refractivity (Wildman–Crippen MR) is 54.0 cm³/mol. The Morgan fingerprint density at radius 1 is 1.53 bits per heavy atom. The number of amides is 1. The minimum Gasteiger partial charge on any atom is -0.326 e. The average Bonchev–Trinajstić information content (AvgIpc) is 2.16. The Morgan fingerprint density at radius 2 is 2.07 bits per heavy atom. The molecular weight excluding hydrogens is 222 g/mol. The number of nitrogens with one attached hydrogen (secondary N) is 1. The van der Waals surface area contributed by atoms with Crippen LogP contribution in [0.15, 0.2) is 12.2 Å². The summed E-state index contributed by atoms with van der Waals surface area (Å²) in [6.07, 6.45) is -0.652. The lowest BCUT2D eigenvalue weighted by Gasteiger charge is -2.16. The molecule has 0 aromatic rings. The van der Waals surface area contributed by atoms with Gasteiger partial charge in [0.2, 0.25) is 5.91 Å². The molecule has 0 aliphatic rings. The molecule has 0 spiro atoms. The monoisotopic (exact) mass is 237 g/mol. The van der Waals surface area contributed by atoms with Gasteiger partial charge in [-0.2, -0.15) is 8.42 Å². The zero-order valence-electron chi connectivity index (χ0n) is 8.94. The van der Waals surface area contributed by atoms with Gasteiger partial charge in [0.1, 0.15) is 0 Å². The van der Waals surface area contributed by atoms with Gasteiger partial charge in [-0.3, -0.25) is 8.98 Å². The van der Waals surface area contributed by atoms with E-state index in [4.69, 9.17) is 0 Å². The van der Waals surface area contributed by atoms with Gasteiger partial charge in [0.25, 0.3) is 0 Å². The first-order valence-electron chi connectivity index (χ1n) is 4.27. The molecule has 0 saturated heterocycles. The SMILES string of the molecule is C=C(C)C(=O)NC(CC)OS(=O)(=O)OC. The Balaban J connectivity index is 4.40. The Morgan fingerprint density at radius 3 is 2.40 bits per heavy atom. The summed E-state index contributed by atoms with van der Waals surface area (Å²) in [5, 5.41) is 2.34. The summed E-state index contributed by atoms with van der Waals surface area (Å²) in [4.78, 5) is 11.2. The van der Waals surface area contributed by atoms with Gasteiger partial charge in [0.15, 0.2) is 6.23 Å². The summed E-state index contributed by atoms with van der Waals surface area (Å²) < 4.78 is 30.4. The van der Waals surface area contributed by atoms with E-state index in [1.807, 2.05) is 0 Å². The Kier molecular flexibility index (Phi) is 5.48. The fourth-order valence-electron chi connectivity index (χ4n) is 0.645. The van der Waals surface area contributed by atoms with Crippen LogP contribution < -0.4 is 5.32 Å². The molecule has 0 bridgehead atoms. The summed E-state index contributed by atoms with van der Waals surface area (Å²) in [5.41, 5.74) is 0.270. The molecule has 15 heavy (non-hydrogen) atoms. The molecule has 0 aliphatic carbocycles. The molecule has 6 nitrogen and oxygen atoms in total. The van der Waals surface area contributed by atoms with E-state index >= 15 is 0 Å². The van der Waals surface area contributed by atoms with Crippen LogP contribution >= 0.6 is 0 Å². The second kappa shape index (κ2) is 5.84. The number of carbonyl (C=O) groups is 1. The first-order valence-corrected chi connectivity index (χ1v) is 5.61. The minimum absolute atomic E-state index is 0.270. The molecule has 0 rings (SSSR count). The second-order valence-electron chi connectivity index (χ2n) is 2.82. The maximum absolute atomic E-state index is 11.2. The summed E-state index contributed by atoms with van der Waals surface area (Å²) in [6, 6.07) is 0. The van der Waals surface area contributed by atoms with Gasteiger partial charge >= 0.3 is 10.4 Å². The van der Waals surface area contributed by atoms with Crippen molar-refractivity contribution in [3.63, 3.8) is 0 Å². The molecule has 0 fully saturated rings. The highest BCUT2D eigenvalue weighted by Crippen LogP contribution is 2.03. The summed E-state index contributed by atoms with van der Waals surface area (Å²) in [5.74, 6) is -0.465. The van der Waals surface area contributed by atoms with Crippen LogP contribution in [-0.2, 0) is 23.6 Å². The molecule has 1 atom stereocenters. The van der Waals surface area contributed by atoms with Crippen molar-refractivity contribution in [1.82, 2.24) is 5.32 Å². The summed E-state index contributed by atoms with van der Waals surface area (Å²) in [6.45, 7) is 6.58. The van der Waals surface area contributed by atoms with E-state index in [2.05, 4.69) is 20.3 Å². The van der Waals surface area contributed by atoms with Crippen molar-refractivity contribution in [2.45, 2.75) is 26.5 Å². The molecule has 1 amide bonds. The largest absolute Gasteiger partial charge is 0.401 e. The van der Waals surface area contributed by atoms with Gasteiger partial charge in [0.05, 0.1) is 7.11 Å². The Labute approximate surface area is 89.6 Å². The van der Waals surface area contributed by atoms with Crippen LogP contribution in [-0.4, -0.2) is 27.7 Å². The van der Waals surface area contributed by atoms with Gasteiger partial charge in [-0.05, 0) is 13.3 Å². The highest BCUT2D eigenvalue weighted by molar-refractivity contribution is 7.81. The van der Waals surface area contributed by atoms with Crippen LogP contribution in [0.25, 0.3) is 0 Å². The van der Waals surface area contributed by atoms with Crippen molar-refractivity contribution >= 4 is 16.3 Å². The topological polar surface area (TPSA) is 81.7 Å². The number of rotatable bonds is 6. The van der Waals surface area contributed by atoms with E-state index < -0.39 is 22.5 Å². The minimum atomic E-state index is -4.05. The molecule has 88 valence electrons. The van der Waals surface area contributed by atoms with E-state index in [0.29, 0.717) is 6.42 Å². The van der Waals surface area contributed by atoms with Crippen LogP contribution in [0.1, 0.15) is 20.3 Å². The maximum Gasteiger partial charge on any atom is 0.401 e. The van der Waals surface area contributed by atoms with Gasteiger partial charge in [-0.25, -0.2) is 4.18 Å². The number of carbonyl (C=O) groups excluding carboxylic acids is 1. The molecular formula is C8H15NO5S. The third-order valence-electron chi connectivity index (χ3n) is 1.49. The quantitative estimate of drug-likeness (QED) is 0.531. The van der Waals surface area contributed by atoms with E-state index in [0.717, 1.165) is 7.11 Å². The second-order valence-corrected chi connectivity index (χ2v) is 4.16. The molecule has 7 heteroatoms. The molecule has 0 heterocycles. The molecule has 0 aromatic carbocycles. The van der Waals surface area contributed by atoms with Gasteiger partial charge in [-0.15, -0.1) is 0 Å². The van der Waals surface area contributed by atoms with Crippen LogP contribution in [0, 0.1) is 0 Å². The van der Waals surface area contributed by atoms with E-state index in [-0.39, 0.29) is 5.57 Å². The van der Waals surface area contributed by atoms with Crippen LogP contribution in [0.3, 0.4) is 0 Å². The smallest absolute Gasteiger partial charge is 0.326 e. The van der Waals surface area contributed by atoms with Crippen LogP contribution in [0.5, 0.6) is 0 Å². The average molecular weight is 237 g/mol. The molecule has 0 radical (unpaired) electrons. The number of hydrogen-bond donors (Lipinski definition) is 1. The first kappa shape index (κ1) is 14.1. The molecule has 0 aromatic heterocycles. The van der Waals surface area contributed by atoms with Gasteiger partial charge < -0.3 is 5.32 Å². The molecule has 0 saturated carbocycles. The van der Waals surface area contributed by atoms with Gasteiger partial charge in [0, 0.05) is 5.57 Å². The first-order chi connectivity index (χ1) is 6.82. The van der Waals surface area contributed by atoms with Crippen molar-refractivity contribution < 1.29 is 21.6 Å². The fraction of sp³-hybridized carbons (Fsp3) is 0.625.